The average Bonchev–Trinajstić information content (AvgIpc) is 2.83. The van der Waals surface area contributed by atoms with E-state index >= 15 is 0 Å². The van der Waals surface area contributed by atoms with E-state index in [1.54, 1.807) is 39.5 Å². The molecule has 0 saturated carbocycles. The van der Waals surface area contributed by atoms with Gasteiger partial charge < -0.3 is 18.2 Å². The smallest absolute Gasteiger partial charge is 0.377 e. The van der Waals surface area contributed by atoms with Gasteiger partial charge in [-0.2, -0.15) is 13.2 Å². The SMILES string of the molecule is CO[Si](CCC[Si](C)(C)C[Si](C)(C)CC[Si](C)(C)c1cccc(N(C)C(=O)C(C)(F)C(F)(F)F)c1)(OC)OC. The molecule has 0 bridgehead atoms. The second kappa shape index (κ2) is 13.4. The van der Waals surface area contributed by atoms with Crippen LogP contribution < -0.4 is 10.1 Å². The summed E-state index contributed by atoms with van der Waals surface area (Å²) in [6.45, 7) is 14.6. The van der Waals surface area contributed by atoms with E-state index in [-0.39, 0.29) is 12.6 Å². The maximum absolute atomic E-state index is 14.3. The van der Waals surface area contributed by atoms with Crippen molar-refractivity contribution in [1.29, 1.82) is 0 Å². The van der Waals surface area contributed by atoms with Gasteiger partial charge in [-0.25, -0.2) is 4.39 Å². The van der Waals surface area contributed by atoms with Crippen LogP contribution in [0.2, 0.25) is 69.1 Å². The predicted molar refractivity (Wildman–Crippen MR) is 163 cm³/mol. The van der Waals surface area contributed by atoms with Crippen LogP contribution in [0.5, 0.6) is 0 Å². The van der Waals surface area contributed by atoms with Gasteiger partial charge in [0.25, 0.3) is 11.6 Å². The fourth-order valence-electron chi connectivity index (χ4n) is 5.30. The zero-order chi connectivity index (χ0) is 30.5. The average molecular weight is 628 g/mol. The number of amides is 1. The highest BCUT2D eigenvalue weighted by molar-refractivity contribution is 6.97. The molecule has 13 heteroatoms. The lowest BCUT2D eigenvalue weighted by atomic mass is 10.1. The maximum atomic E-state index is 14.3. The monoisotopic (exact) mass is 627 g/mol. The Morgan fingerprint density at radius 2 is 1.36 bits per heavy atom. The number of benzene rings is 1. The van der Waals surface area contributed by atoms with Crippen LogP contribution in [0.1, 0.15) is 13.3 Å². The Bertz CT molecular complexity index is 946. The number of rotatable bonds is 15. The highest BCUT2D eigenvalue weighted by Crippen LogP contribution is 2.36. The van der Waals surface area contributed by atoms with Gasteiger partial charge in [-0.3, -0.25) is 4.79 Å². The standard InChI is InChI=1S/C26H49F4NO4Si4/c1-25(27,26(28,29)30)24(32)31(2)22-14-12-15-23(20-22)38(10,11)19-18-37(8,9)21-36(6,7)16-13-17-39(33-3,34-4)35-5/h12,14-15,20H,13,16-19,21H2,1-11H3. The van der Waals surface area contributed by atoms with Crippen LogP contribution in [-0.2, 0) is 18.1 Å². The Labute approximate surface area is 237 Å². The minimum Gasteiger partial charge on any atom is -0.377 e. The van der Waals surface area contributed by atoms with E-state index in [2.05, 4.69) is 39.3 Å². The number of nitrogens with zero attached hydrogens (tertiary/aromatic N) is 1. The molecule has 0 aliphatic carbocycles. The molecule has 1 amide bonds. The Morgan fingerprint density at radius 1 is 0.846 bits per heavy atom. The van der Waals surface area contributed by atoms with Crippen molar-refractivity contribution in [1.82, 2.24) is 0 Å². The van der Waals surface area contributed by atoms with Gasteiger partial charge in [-0.15, -0.1) is 0 Å². The summed E-state index contributed by atoms with van der Waals surface area (Å²) in [6.07, 6.45) is -4.25. The second-order valence-electron chi connectivity index (χ2n) is 13.0. The van der Waals surface area contributed by atoms with Crippen molar-refractivity contribution in [3.05, 3.63) is 24.3 Å². The summed E-state index contributed by atoms with van der Waals surface area (Å²) in [5.74, 6) is -1.62. The number of hydrogen-bond acceptors (Lipinski definition) is 4. The molecule has 0 fully saturated rings. The Hall–Kier alpha value is -0.842. The molecule has 0 radical (unpaired) electrons. The lowest BCUT2D eigenvalue weighted by molar-refractivity contribution is -0.219. The molecular formula is C26H49F4NO4Si4. The first-order valence-electron chi connectivity index (χ1n) is 13.4. The van der Waals surface area contributed by atoms with E-state index in [0.717, 1.165) is 34.6 Å². The molecule has 226 valence electrons. The normalized spacial score (nSPS) is 15.3. The van der Waals surface area contributed by atoms with Crippen molar-refractivity contribution in [2.75, 3.05) is 33.3 Å². The predicted octanol–water partition coefficient (Wildman–Crippen LogP) is 7.08. The molecule has 1 aromatic rings. The first-order valence-corrected chi connectivity index (χ1v) is 25.4. The fraction of sp³-hybridized carbons (Fsp3) is 0.731. The van der Waals surface area contributed by atoms with Crippen LogP contribution in [0.4, 0.5) is 23.2 Å². The lowest BCUT2D eigenvalue weighted by Crippen LogP contribution is -2.52. The van der Waals surface area contributed by atoms with Gasteiger partial charge in [0.15, 0.2) is 0 Å². The molecule has 0 aliphatic rings. The molecule has 1 aromatic carbocycles. The summed E-state index contributed by atoms with van der Waals surface area (Å²) in [6, 6.07) is 11.3. The Morgan fingerprint density at radius 3 is 1.85 bits per heavy atom. The summed E-state index contributed by atoms with van der Waals surface area (Å²) in [5, 5.41) is 1.05. The van der Waals surface area contributed by atoms with E-state index in [4.69, 9.17) is 13.3 Å². The van der Waals surface area contributed by atoms with Crippen LogP contribution >= 0.6 is 0 Å². The van der Waals surface area contributed by atoms with Crippen molar-refractivity contribution >= 4 is 49.8 Å². The minimum absolute atomic E-state index is 0.275. The highest BCUT2D eigenvalue weighted by atomic mass is 28.4. The maximum Gasteiger partial charge on any atom is 0.500 e. The number of carbonyl (C=O) groups excluding carboxylic acids is 1. The van der Waals surface area contributed by atoms with Crippen molar-refractivity contribution in [3.8, 4) is 0 Å². The molecule has 0 aliphatic heterocycles. The number of hydrogen-bond donors (Lipinski definition) is 0. The third kappa shape index (κ3) is 9.89. The quantitative estimate of drug-likeness (QED) is 0.154. The summed E-state index contributed by atoms with van der Waals surface area (Å²) >= 11 is 0. The lowest BCUT2D eigenvalue weighted by Gasteiger charge is -2.35. The molecule has 39 heavy (non-hydrogen) atoms. The fourth-order valence-corrected chi connectivity index (χ4v) is 26.9. The molecule has 1 unspecified atom stereocenters. The van der Waals surface area contributed by atoms with Gasteiger partial charge >= 0.3 is 15.0 Å². The zero-order valence-corrected chi connectivity index (χ0v) is 29.6. The molecule has 0 aromatic heterocycles. The van der Waals surface area contributed by atoms with Crippen LogP contribution in [0.15, 0.2) is 24.3 Å². The Balaban J connectivity index is 2.91. The van der Waals surface area contributed by atoms with Gasteiger partial charge in [0.1, 0.15) is 0 Å². The first kappa shape index (κ1) is 36.2. The van der Waals surface area contributed by atoms with Crippen molar-refractivity contribution in [2.45, 2.75) is 94.3 Å². The summed E-state index contributed by atoms with van der Waals surface area (Å²) in [4.78, 5) is 13.2. The summed E-state index contributed by atoms with van der Waals surface area (Å²) in [7, 11) is -1.37. The number of anilines is 1. The van der Waals surface area contributed by atoms with Gasteiger partial charge in [-0.1, -0.05) is 86.8 Å². The van der Waals surface area contributed by atoms with Crippen LogP contribution in [0, 0.1) is 0 Å². The summed E-state index contributed by atoms with van der Waals surface area (Å²) < 4.78 is 70.3. The van der Waals surface area contributed by atoms with Gasteiger partial charge in [0.2, 0.25) is 0 Å². The van der Waals surface area contributed by atoms with Gasteiger partial charge in [-0.05, 0) is 19.1 Å². The van der Waals surface area contributed by atoms with Crippen LogP contribution in [0.25, 0.3) is 0 Å². The third-order valence-corrected chi connectivity index (χ3v) is 25.6. The molecule has 1 rings (SSSR count). The van der Waals surface area contributed by atoms with E-state index in [1.807, 2.05) is 6.07 Å². The second-order valence-corrected chi connectivity index (χ2v) is 32.0. The largest absolute Gasteiger partial charge is 0.500 e. The van der Waals surface area contributed by atoms with Crippen molar-refractivity contribution in [3.63, 3.8) is 0 Å². The molecule has 0 heterocycles. The van der Waals surface area contributed by atoms with Crippen LogP contribution in [0.3, 0.4) is 0 Å². The molecule has 0 spiro atoms. The van der Waals surface area contributed by atoms with Crippen LogP contribution in [-0.4, -0.2) is 79.2 Å². The molecule has 0 saturated heterocycles. The molecule has 1 atom stereocenters. The van der Waals surface area contributed by atoms with E-state index in [1.165, 1.54) is 18.8 Å². The van der Waals surface area contributed by atoms with E-state index in [0.29, 0.717) is 0 Å². The number of halogens is 4. The Kier molecular flexibility index (Phi) is 12.5. The van der Waals surface area contributed by atoms with Gasteiger partial charge in [0, 0.05) is 56.3 Å². The van der Waals surface area contributed by atoms with Crippen molar-refractivity contribution < 1.29 is 35.6 Å². The third-order valence-electron chi connectivity index (χ3n) is 7.91. The molecule has 0 N–H and O–H groups in total. The first-order chi connectivity index (χ1) is 17.6. The zero-order valence-electron chi connectivity index (χ0n) is 25.6. The molecule has 5 nitrogen and oxygen atoms in total. The number of carbonyl (C=O) groups is 1. The van der Waals surface area contributed by atoms with Gasteiger partial charge in [0.05, 0.1) is 8.07 Å². The van der Waals surface area contributed by atoms with E-state index < -0.39 is 50.8 Å². The minimum atomic E-state index is -5.28. The topological polar surface area (TPSA) is 48.0 Å². The van der Waals surface area contributed by atoms with Crippen molar-refractivity contribution in [2.24, 2.45) is 0 Å². The molecular weight excluding hydrogens is 579 g/mol. The van der Waals surface area contributed by atoms with E-state index in [9.17, 15) is 22.4 Å². The highest BCUT2D eigenvalue weighted by Gasteiger charge is 2.59. The summed E-state index contributed by atoms with van der Waals surface area (Å²) in [5.41, 5.74) is -2.37. The number of alkyl halides is 4.